The first kappa shape index (κ1) is 9.14. The molecule has 0 bridgehead atoms. The molecule has 0 aliphatic rings. The van der Waals surface area contributed by atoms with E-state index in [0.29, 0.717) is 12.4 Å². The van der Waals surface area contributed by atoms with Gasteiger partial charge in [0.05, 0.1) is 12.2 Å². The van der Waals surface area contributed by atoms with Gasteiger partial charge in [0.15, 0.2) is 11.0 Å². The fourth-order valence-electron chi connectivity index (χ4n) is 0.976. The van der Waals surface area contributed by atoms with Gasteiger partial charge in [0, 0.05) is 5.38 Å². The number of hydrogen-bond acceptors (Lipinski definition) is 6. The van der Waals surface area contributed by atoms with E-state index >= 15 is 0 Å². The molecule has 0 fully saturated rings. The van der Waals surface area contributed by atoms with E-state index in [2.05, 4.69) is 31.9 Å². The topological polar surface area (TPSA) is 63.8 Å². The molecule has 0 aromatic carbocycles. The van der Waals surface area contributed by atoms with Crippen LogP contribution in [0.15, 0.2) is 16.3 Å². The maximum Gasteiger partial charge on any atom is 0.213 e. The molecule has 2 heterocycles. The molecule has 2 aromatic rings. The Morgan fingerprint density at radius 2 is 2.50 bits per heavy atom. The van der Waals surface area contributed by atoms with Crippen LogP contribution in [0.3, 0.4) is 0 Å². The largest absolute Gasteiger partial charge is 0.354 e. The Labute approximate surface area is 85.2 Å². The average molecular weight is 210 g/mol. The Morgan fingerprint density at radius 1 is 1.57 bits per heavy atom. The first-order valence-corrected chi connectivity index (χ1v) is 5.20. The Hall–Kier alpha value is -1.43. The van der Waals surface area contributed by atoms with Crippen LogP contribution in [0.5, 0.6) is 0 Å². The van der Waals surface area contributed by atoms with E-state index in [-0.39, 0.29) is 0 Å². The molecule has 2 rings (SSSR count). The maximum absolute atomic E-state index is 4.61. The van der Waals surface area contributed by atoms with E-state index in [1.54, 1.807) is 11.3 Å². The van der Waals surface area contributed by atoms with Crippen LogP contribution in [0.25, 0.3) is 0 Å². The van der Waals surface area contributed by atoms with Gasteiger partial charge in [-0.3, -0.25) is 0 Å². The Bertz CT molecular complexity index is 384. The van der Waals surface area contributed by atoms with Gasteiger partial charge in [-0.05, 0) is 6.42 Å². The van der Waals surface area contributed by atoms with Crippen molar-refractivity contribution in [2.24, 2.45) is 0 Å². The zero-order chi connectivity index (χ0) is 9.80. The van der Waals surface area contributed by atoms with Gasteiger partial charge >= 0.3 is 0 Å². The SMILES string of the molecule is CCc1csc(NCc2ncon2)n1. The molecule has 0 aliphatic carbocycles. The molecule has 74 valence electrons. The monoisotopic (exact) mass is 210 g/mol. The number of aryl methyl sites for hydroxylation is 1. The fourth-order valence-corrected chi connectivity index (χ4v) is 1.77. The molecule has 14 heavy (non-hydrogen) atoms. The number of rotatable bonds is 4. The van der Waals surface area contributed by atoms with Gasteiger partial charge in [0.2, 0.25) is 6.39 Å². The first-order chi connectivity index (χ1) is 6.88. The lowest BCUT2D eigenvalue weighted by atomic mass is 10.4. The standard InChI is InChI=1S/C8H10N4OS/c1-2-6-4-14-8(11-6)9-3-7-10-5-13-12-7/h4-5H,2-3H2,1H3,(H,9,11). The number of aromatic nitrogens is 3. The van der Waals surface area contributed by atoms with Crippen LogP contribution >= 0.6 is 11.3 Å². The highest BCUT2D eigenvalue weighted by molar-refractivity contribution is 7.13. The van der Waals surface area contributed by atoms with E-state index in [1.807, 2.05) is 5.38 Å². The summed E-state index contributed by atoms with van der Waals surface area (Å²) in [5.41, 5.74) is 1.10. The highest BCUT2D eigenvalue weighted by Gasteiger charge is 2.01. The number of anilines is 1. The summed E-state index contributed by atoms with van der Waals surface area (Å²) in [6.45, 7) is 2.63. The molecule has 0 amide bonds. The lowest BCUT2D eigenvalue weighted by molar-refractivity contribution is 0.411. The van der Waals surface area contributed by atoms with Gasteiger partial charge in [-0.1, -0.05) is 12.1 Å². The predicted molar refractivity (Wildman–Crippen MR) is 53.1 cm³/mol. The molecule has 0 saturated heterocycles. The van der Waals surface area contributed by atoms with Crippen molar-refractivity contribution >= 4 is 16.5 Å². The highest BCUT2D eigenvalue weighted by atomic mass is 32.1. The van der Waals surface area contributed by atoms with Gasteiger partial charge < -0.3 is 9.84 Å². The van der Waals surface area contributed by atoms with Gasteiger partial charge in [-0.15, -0.1) is 11.3 Å². The molecule has 0 atom stereocenters. The van der Waals surface area contributed by atoms with Crippen LogP contribution in [0, 0.1) is 0 Å². The molecule has 0 unspecified atom stereocenters. The third-order valence-corrected chi connectivity index (χ3v) is 2.57. The average Bonchev–Trinajstić information content (AvgIpc) is 2.86. The number of nitrogens with one attached hydrogen (secondary N) is 1. The minimum Gasteiger partial charge on any atom is -0.354 e. The number of thiazole rings is 1. The molecule has 5 nitrogen and oxygen atoms in total. The van der Waals surface area contributed by atoms with Crippen molar-refractivity contribution in [2.45, 2.75) is 19.9 Å². The molecule has 0 radical (unpaired) electrons. The first-order valence-electron chi connectivity index (χ1n) is 4.32. The summed E-state index contributed by atoms with van der Waals surface area (Å²) in [6.07, 6.45) is 2.27. The predicted octanol–water partition coefficient (Wildman–Crippen LogP) is 1.70. The van der Waals surface area contributed by atoms with E-state index in [1.165, 1.54) is 6.39 Å². The van der Waals surface area contributed by atoms with Crippen LogP contribution in [-0.2, 0) is 13.0 Å². The number of nitrogens with zero attached hydrogens (tertiary/aromatic N) is 3. The second kappa shape index (κ2) is 4.19. The van der Waals surface area contributed by atoms with Crippen molar-refractivity contribution < 1.29 is 4.52 Å². The Balaban J connectivity index is 1.92. The van der Waals surface area contributed by atoms with Crippen LogP contribution in [0.2, 0.25) is 0 Å². The fraction of sp³-hybridized carbons (Fsp3) is 0.375. The van der Waals surface area contributed by atoms with E-state index < -0.39 is 0 Å². The second-order valence-electron chi connectivity index (χ2n) is 2.70. The Morgan fingerprint density at radius 3 is 3.14 bits per heavy atom. The molecule has 0 aliphatic heterocycles. The zero-order valence-corrected chi connectivity index (χ0v) is 8.54. The van der Waals surface area contributed by atoms with Crippen LogP contribution in [-0.4, -0.2) is 15.1 Å². The van der Waals surface area contributed by atoms with E-state index in [0.717, 1.165) is 17.2 Å². The summed E-state index contributed by atoms with van der Waals surface area (Å²) >= 11 is 1.59. The van der Waals surface area contributed by atoms with Crippen LogP contribution in [0.4, 0.5) is 5.13 Å². The third kappa shape index (κ3) is 2.08. The Kier molecular flexibility index (Phi) is 2.73. The quantitative estimate of drug-likeness (QED) is 0.832. The van der Waals surface area contributed by atoms with Gasteiger partial charge in [0.1, 0.15) is 0 Å². The zero-order valence-electron chi connectivity index (χ0n) is 7.73. The van der Waals surface area contributed by atoms with E-state index in [9.17, 15) is 0 Å². The molecule has 6 heteroatoms. The van der Waals surface area contributed by atoms with Gasteiger partial charge in [-0.2, -0.15) is 4.98 Å². The number of hydrogen-bond donors (Lipinski definition) is 1. The summed E-state index contributed by atoms with van der Waals surface area (Å²) < 4.78 is 4.61. The molecule has 0 spiro atoms. The van der Waals surface area contributed by atoms with Crippen molar-refractivity contribution in [2.75, 3.05) is 5.32 Å². The summed E-state index contributed by atoms with van der Waals surface area (Å²) in [6, 6.07) is 0. The normalized spacial score (nSPS) is 10.4. The minimum absolute atomic E-state index is 0.549. The van der Waals surface area contributed by atoms with Crippen molar-refractivity contribution in [1.82, 2.24) is 15.1 Å². The molecule has 1 N–H and O–H groups in total. The molecule has 2 aromatic heterocycles. The second-order valence-corrected chi connectivity index (χ2v) is 3.56. The summed E-state index contributed by atoms with van der Waals surface area (Å²) in [4.78, 5) is 8.24. The smallest absolute Gasteiger partial charge is 0.213 e. The molecular weight excluding hydrogens is 200 g/mol. The maximum atomic E-state index is 4.61. The van der Waals surface area contributed by atoms with Crippen molar-refractivity contribution in [3.8, 4) is 0 Å². The molecular formula is C8H10N4OS. The lowest BCUT2D eigenvalue weighted by Crippen LogP contribution is -2.00. The summed E-state index contributed by atoms with van der Waals surface area (Å²) in [5.74, 6) is 0.637. The van der Waals surface area contributed by atoms with Crippen LogP contribution in [0.1, 0.15) is 18.4 Å². The van der Waals surface area contributed by atoms with Crippen molar-refractivity contribution in [3.63, 3.8) is 0 Å². The lowest BCUT2D eigenvalue weighted by Gasteiger charge is -1.95. The minimum atomic E-state index is 0.549. The van der Waals surface area contributed by atoms with Crippen molar-refractivity contribution in [1.29, 1.82) is 0 Å². The van der Waals surface area contributed by atoms with E-state index in [4.69, 9.17) is 0 Å². The summed E-state index contributed by atoms with van der Waals surface area (Å²) in [5, 5.41) is 9.75. The van der Waals surface area contributed by atoms with Gasteiger partial charge in [-0.25, -0.2) is 4.98 Å². The molecule has 0 saturated carbocycles. The summed E-state index contributed by atoms with van der Waals surface area (Å²) in [7, 11) is 0. The van der Waals surface area contributed by atoms with Crippen LogP contribution < -0.4 is 5.32 Å². The van der Waals surface area contributed by atoms with Gasteiger partial charge in [0.25, 0.3) is 0 Å². The van der Waals surface area contributed by atoms with Crippen molar-refractivity contribution in [3.05, 3.63) is 23.3 Å². The highest BCUT2D eigenvalue weighted by Crippen LogP contribution is 2.15. The third-order valence-electron chi connectivity index (χ3n) is 1.72.